The topological polar surface area (TPSA) is 26.3 Å². The molecule has 2 nitrogen and oxygen atoms in total. The van der Waals surface area contributed by atoms with Crippen LogP contribution in [0.25, 0.3) is 0 Å². The average molecular weight is 311 g/mol. The van der Waals surface area contributed by atoms with Crippen molar-refractivity contribution in [2.24, 2.45) is 17.8 Å². The van der Waals surface area contributed by atoms with E-state index in [0.717, 1.165) is 25.9 Å². The van der Waals surface area contributed by atoms with Crippen LogP contribution in [0.3, 0.4) is 0 Å². The van der Waals surface area contributed by atoms with E-state index < -0.39 is 0 Å². The van der Waals surface area contributed by atoms with Gasteiger partial charge in [0.1, 0.15) is 5.78 Å². The number of hydrogen-bond acceptors (Lipinski definition) is 2. The highest BCUT2D eigenvalue weighted by Crippen LogP contribution is 2.38. The number of methoxy groups -OCH3 is 1. The van der Waals surface area contributed by atoms with Gasteiger partial charge < -0.3 is 4.74 Å². The third-order valence-electron chi connectivity index (χ3n) is 5.45. The lowest BCUT2D eigenvalue weighted by Crippen LogP contribution is -2.34. The quantitative estimate of drug-likeness (QED) is 0.427. The number of rotatable bonds is 12. The molecule has 3 atom stereocenters. The minimum absolute atomic E-state index is 0.309. The molecule has 0 amide bonds. The molecule has 0 spiro atoms. The van der Waals surface area contributed by atoms with Gasteiger partial charge in [-0.1, -0.05) is 65.2 Å². The highest BCUT2D eigenvalue weighted by Gasteiger charge is 2.34. The number of unbranched alkanes of at least 4 members (excludes halogenated alkanes) is 6. The summed E-state index contributed by atoms with van der Waals surface area (Å²) < 4.78 is 5.24. The van der Waals surface area contributed by atoms with Crippen molar-refractivity contribution < 1.29 is 9.53 Å². The maximum Gasteiger partial charge on any atom is 0.136 e. The van der Waals surface area contributed by atoms with Gasteiger partial charge in [-0.25, -0.2) is 0 Å². The van der Waals surface area contributed by atoms with Crippen LogP contribution in [0.2, 0.25) is 0 Å². The Hall–Kier alpha value is -0.370. The van der Waals surface area contributed by atoms with Crippen molar-refractivity contribution in [3.63, 3.8) is 0 Å². The molecule has 0 aromatic rings. The lowest BCUT2D eigenvalue weighted by atomic mass is 9.69. The first-order valence-electron chi connectivity index (χ1n) is 9.72. The second-order valence-electron chi connectivity index (χ2n) is 7.31. The van der Waals surface area contributed by atoms with Crippen LogP contribution in [0.15, 0.2) is 0 Å². The largest absolute Gasteiger partial charge is 0.385 e. The maximum atomic E-state index is 12.7. The Kier molecular flexibility index (Phi) is 10.8. The molecule has 1 fully saturated rings. The second kappa shape index (κ2) is 12.1. The predicted molar refractivity (Wildman–Crippen MR) is 94.1 cm³/mol. The zero-order chi connectivity index (χ0) is 16.2. The van der Waals surface area contributed by atoms with Crippen LogP contribution in [0.5, 0.6) is 0 Å². The normalized spacial score (nSPS) is 25.3. The van der Waals surface area contributed by atoms with Crippen LogP contribution in [0.1, 0.15) is 90.9 Å². The van der Waals surface area contributed by atoms with Gasteiger partial charge in [-0.15, -0.1) is 0 Å². The Labute approximate surface area is 138 Å². The molecule has 0 radical (unpaired) electrons. The molecule has 0 bridgehead atoms. The molecule has 0 N–H and O–H groups in total. The minimum atomic E-state index is 0.309. The Morgan fingerprint density at radius 3 is 2.41 bits per heavy atom. The molecule has 22 heavy (non-hydrogen) atoms. The summed E-state index contributed by atoms with van der Waals surface area (Å²) in [5.74, 6) is 2.00. The number of carbonyl (C=O) groups is 1. The fraction of sp³-hybridized carbons (Fsp3) is 0.950. The zero-order valence-electron chi connectivity index (χ0n) is 15.2. The van der Waals surface area contributed by atoms with Crippen LogP contribution < -0.4 is 0 Å². The number of ether oxygens (including phenoxy) is 1. The van der Waals surface area contributed by atoms with Gasteiger partial charge in [0.25, 0.3) is 0 Å². The minimum Gasteiger partial charge on any atom is -0.385 e. The zero-order valence-corrected chi connectivity index (χ0v) is 15.2. The molecule has 0 aromatic carbocycles. The van der Waals surface area contributed by atoms with Crippen LogP contribution in [0, 0.1) is 17.8 Å². The summed E-state index contributed by atoms with van der Waals surface area (Å²) >= 11 is 0. The molecule has 1 rings (SSSR count). The van der Waals surface area contributed by atoms with Crippen LogP contribution in [-0.2, 0) is 9.53 Å². The van der Waals surface area contributed by atoms with E-state index in [9.17, 15) is 4.79 Å². The van der Waals surface area contributed by atoms with Crippen molar-refractivity contribution >= 4 is 5.78 Å². The molecule has 3 unspecified atom stereocenters. The first-order valence-corrected chi connectivity index (χ1v) is 9.72. The van der Waals surface area contributed by atoms with E-state index in [4.69, 9.17) is 4.74 Å². The van der Waals surface area contributed by atoms with Crippen LogP contribution >= 0.6 is 0 Å². The molecular weight excluding hydrogens is 272 g/mol. The van der Waals surface area contributed by atoms with Crippen molar-refractivity contribution in [3.05, 3.63) is 0 Å². The number of Topliss-reactive ketones (excluding diaryl/α,β-unsaturated/α-hetero) is 1. The van der Waals surface area contributed by atoms with E-state index in [1.807, 2.05) is 0 Å². The fourth-order valence-electron chi connectivity index (χ4n) is 4.12. The maximum absolute atomic E-state index is 12.7. The lowest BCUT2D eigenvalue weighted by molar-refractivity contribution is -0.128. The second-order valence-corrected chi connectivity index (χ2v) is 7.31. The monoisotopic (exact) mass is 310 g/mol. The van der Waals surface area contributed by atoms with Gasteiger partial charge in [0.15, 0.2) is 0 Å². The molecular formula is C20H38O2. The molecule has 0 aromatic heterocycles. The summed E-state index contributed by atoms with van der Waals surface area (Å²) in [5, 5.41) is 0. The van der Waals surface area contributed by atoms with E-state index in [0.29, 0.717) is 23.5 Å². The SMILES string of the molecule is CCCCCCCCCC(=O)C1C(C)CCCC1CCOC. The van der Waals surface area contributed by atoms with Gasteiger partial charge in [0.05, 0.1) is 0 Å². The summed E-state index contributed by atoms with van der Waals surface area (Å²) in [5.41, 5.74) is 0. The predicted octanol–water partition coefficient (Wildman–Crippen LogP) is 5.79. The van der Waals surface area contributed by atoms with E-state index in [1.165, 1.54) is 57.8 Å². The van der Waals surface area contributed by atoms with Crippen molar-refractivity contribution in [3.8, 4) is 0 Å². The Morgan fingerprint density at radius 2 is 1.73 bits per heavy atom. The van der Waals surface area contributed by atoms with E-state index >= 15 is 0 Å². The van der Waals surface area contributed by atoms with Gasteiger partial charge >= 0.3 is 0 Å². The Bertz CT molecular complexity index is 287. The third-order valence-corrected chi connectivity index (χ3v) is 5.45. The van der Waals surface area contributed by atoms with Crippen LogP contribution in [0.4, 0.5) is 0 Å². The van der Waals surface area contributed by atoms with Crippen molar-refractivity contribution in [1.29, 1.82) is 0 Å². The first-order chi connectivity index (χ1) is 10.7. The lowest BCUT2D eigenvalue weighted by Gasteiger charge is -2.35. The third kappa shape index (κ3) is 7.26. The molecule has 0 saturated heterocycles. The van der Waals surface area contributed by atoms with Gasteiger partial charge in [-0.2, -0.15) is 0 Å². The van der Waals surface area contributed by atoms with E-state index in [-0.39, 0.29) is 0 Å². The fourth-order valence-corrected chi connectivity index (χ4v) is 4.12. The van der Waals surface area contributed by atoms with Crippen molar-refractivity contribution in [2.45, 2.75) is 90.9 Å². The van der Waals surface area contributed by atoms with Gasteiger partial charge in [0.2, 0.25) is 0 Å². The molecule has 130 valence electrons. The number of carbonyl (C=O) groups excluding carboxylic acids is 1. The van der Waals surface area contributed by atoms with Crippen LogP contribution in [-0.4, -0.2) is 19.5 Å². The van der Waals surface area contributed by atoms with Gasteiger partial charge in [-0.3, -0.25) is 4.79 Å². The standard InChI is InChI=1S/C20H38O2/c1-4-5-6-7-8-9-10-14-19(21)20-17(2)12-11-13-18(20)15-16-22-3/h17-18,20H,4-16H2,1-3H3. The summed E-state index contributed by atoms with van der Waals surface area (Å²) in [6, 6.07) is 0. The molecule has 1 aliphatic carbocycles. The number of ketones is 1. The van der Waals surface area contributed by atoms with E-state index in [1.54, 1.807) is 7.11 Å². The Balaban J connectivity index is 2.27. The van der Waals surface area contributed by atoms with Crippen molar-refractivity contribution in [2.75, 3.05) is 13.7 Å². The summed E-state index contributed by atoms with van der Waals surface area (Å²) in [7, 11) is 1.77. The van der Waals surface area contributed by atoms with Gasteiger partial charge in [-0.05, 0) is 31.1 Å². The average Bonchev–Trinajstić information content (AvgIpc) is 2.51. The summed E-state index contributed by atoms with van der Waals surface area (Å²) in [6.45, 7) is 5.34. The van der Waals surface area contributed by atoms with Crippen molar-refractivity contribution in [1.82, 2.24) is 0 Å². The van der Waals surface area contributed by atoms with E-state index in [2.05, 4.69) is 13.8 Å². The Morgan fingerprint density at radius 1 is 1.05 bits per heavy atom. The molecule has 1 aliphatic rings. The first kappa shape index (κ1) is 19.7. The molecule has 0 heterocycles. The summed E-state index contributed by atoms with van der Waals surface area (Å²) in [4.78, 5) is 12.7. The highest BCUT2D eigenvalue weighted by atomic mass is 16.5. The smallest absolute Gasteiger partial charge is 0.136 e. The number of hydrogen-bond donors (Lipinski definition) is 0. The highest BCUT2D eigenvalue weighted by molar-refractivity contribution is 5.81. The summed E-state index contributed by atoms with van der Waals surface area (Å²) in [6.07, 6.45) is 14.6. The molecule has 1 saturated carbocycles. The molecule has 0 aliphatic heterocycles. The molecule has 2 heteroatoms. The van der Waals surface area contributed by atoms with Gasteiger partial charge in [0, 0.05) is 26.1 Å².